The van der Waals surface area contributed by atoms with Crippen molar-refractivity contribution in [2.75, 3.05) is 5.32 Å². The van der Waals surface area contributed by atoms with E-state index in [4.69, 9.17) is 0 Å². The van der Waals surface area contributed by atoms with Gasteiger partial charge in [-0.2, -0.15) is 0 Å². The van der Waals surface area contributed by atoms with Crippen LogP contribution >= 0.6 is 15.9 Å². The fraction of sp³-hybridized carbons (Fsp3) is 0.0833. The third-order valence-corrected chi connectivity index (χ3v) is 2.65. The number of carbonyl (C=O) groups excluding carboxylic acids is 1. The fourth-order valence-electron chi connectivity index (χ4n) is 1.35. The zero-order valence-corrected chi connectivity index (χ0v) is 10.7. The molecule has 0 saturated carbocycles. The van der Waals surface area contributed by atoms with Gasteiger partial charge >= 0.3 is 0 Å². The molecular weight excluding hydrogens is 282 g/mol. The number of hydrogen-bond donors (Lipinski definition) is 1. The number of amides is 1. The minimum atomic E-state index is -0.190. The zero-order chi connectivity index (χ0) is 12.3. The molecule has 0 unspecified atom stereocenters. The average Bonchev–Trinajstić information content (AvgIpc) is 2.34. The monoisotopic (exact) mass is 291 g/mol. The summed E-state index contributed by atoms with van der Waals surface area (Å²) in [4.78, 5) is 19.9. The van der Waals surface area contributed by atoms with Crippen molar-refractivity contribution in [3.8, 4) is 0 Å². The number of aromatic nitrogens is 2. The molecule has 2 aromatic heterocycles. The van der Waals surface area contributed by atoms with E-state index < -0.39 is 0 Å². The standard InChI is InChI=1S/C12H10BrN3O/c1-8-6-10(13)7-15-11(8)16-12(17)9-2-4-14-5-3-9/h2-7H,1H3,(H,15,16,17). The third-order valence-electron chi connectivity index (χ3n) is 2.22. The summed E-state index contributed by atoms with van der Waals surface area (Å²) >= 11 is 3.32. The molecule has 5 heteroatoms. The van der Waals surface area contributed by atoms with Crippen molar-refractivity contribution in [2.24, 2.45) is 0 Å². The van der Waals surface area contributed by atoms with E-state index in [1.165, 1.54) is 0 Å². The van der Waals surface area contributed by atoms with E-state index in [1.807, 2.05) is 13.0 Å². The summed E-state index contributed by atoms with van der Waals surface area (Å²) < 4.78 is 0.886. The zero-order valence-electron chi connectivity index (χ0n) is 9.14. The Morgan fingerprint density at radius 2 is 2.06 bits per heavy atom. The SMILES string of the molecule is Cc1cc(Br)cnc1NC(=O)c1ccncc1. The highest BCUT2D eigenvalue weighted by molar-refractivity contribution is 9.10. The number of pyridine rings is 2. The van der Waals surface area contributed by atoms with Gasteiger partial charge in [-0.1, -0.05) is 0 Å². The molecule has 2 rings (SSSR count). The number of anilines is 1. The van der Waals surface area contributed by atoms with Crippen LogP contribution in [0.3, 0.4) is 0 Å². The van der Waals surface area contributed by atoms with Gasteiger partial charge in [0.25, 0.3) is 5.91 Å². The van der Waals surface area contributed by atoms with Crippen LogP contribution in [-0.4, -0.2) is 15.9 Å². The number of rotatable bonds is 2. The molecule has 1 amide bonds. The first-order valence-electron chi connectivity index (χ1n) is 5.00. The predicted octanol–water partition coefficient (Wildman–Crippen LogP) is 2.80. The fourth-order valence-corrected chi connectivity index (χ4v) is 1.80. The molecule has 0 saturated heterocycles. The van der Waals surface area contributed by atoms with Gasteiger partial charge in [0, 0.05) is 28.6 Å². The van der Waals surface area contributed by atoms with E-state index in [0.29, 0.717) is 11.4 Å². The van der Waals surface area contributed by atoms with Crippen molar-refractivity contribution in [3.05, 3.63) is 52.4 Å². The van der Waals surface area contributed by atoms with Crippen molar-refractivity contribution in [1.29, 1.82) is 0 Å². The molecule has 86 valence electrons. The van der Waals surface area contributed by atoms with Gasteiger partial charge in [-0.25, -0.2) is 4.98 Å². The maximum absolute atomic E-state index is 11.9. The lowest BCUT2D eigenvalue weighted by molar-refractivity contribution is 0.102. The van der Waals surface area contributed by atoms with Gasteiger partial charge in [0.05, 0.1) is 0 Å². The maximum atomic E-state index is 11.9. The van der Waals surface area contributed by atoms with Crippen LogP contribution < -0.4 is 5.32 Å². The Morgan fingerprint density at radius 3 is 2.71 bits per heavy atom. The second-order valence-corrected chi connectivity index (χ2v) is 4.42. The first kappa shape index (κ1) is 11.7. The summed E-state index contributed by atoms with van der Waals surface area (Å²) in [5, 5.41) is 2.76. The molecule has 0 aliphatic rings. The predicted molar refractivity (Wildman–Crippen MR) is 68.9 cm³/mol. The Hall–Kier alpha value is -1.75. The molecular formula is C12H10BrN3O. The largest absolute Gasteiger partial charge is 0.306 e. The molecule has 0 radical (unpaired) electrons. The van der Waals surface area contributed by atoms with Crippen LogP contribution in [0.15, 0.2) is 41.3 Å². The Morgan fingerprint density at radius 1 is 1.35 bits per heavy atom. The van der Waals surface area contributed by atoms with Crippen LogP contribution in [0.2, 0.25) is 0 Å². The minimum Gasteiger partial charge on any atom is -0.306 e. The number of aryl methyl sites for hydroxylation is 1. The van der Waals surface area contributed by atoms with Gasteiger partial charge in [0.15, 0.2) is 0 Å². The Balaban J connectivity index is 2.19. The highest BCUT2D eigenvalue weighted by Gasteiger charge is 2.08. The van der Waals surface area contributed by atoms with Crippen molar-refractivity contribution < 1.29 is 4.79 Å². The maximum Gasteiger partial charge on any atom is 0.256 e. The summed E-state index contributed by atoms with van der Waals surface area (Å²) in [7, 11) is 0. The van der Waals surface area contributed by atoms with E-state index in [-0.39, 0.29) is 5.91 Å². The molecule has 2 heterocycles. The molecule has 0 aliphatic heterocycles. The molecule has 17 heavy (non-hydrogen) atoms. The van der Waals surface area contributed by atoms with Crippen LogP contribution in [0.1, 0.15) is 15.9 Å². The molecule has 0 fully saturated rings. The highest BCUT2D eigenvalue weighted by Crippen LogP contribution is 2.17. The van der Waals surface area contributed by atoms with Crippen molar-refractivity contribution in [1.82, 2.24) is 9.97 Å². The van der Waals surface area contributed by atoms with Crippen LogP contribution in [0.25, 0.3) is 0 Å². The van der Waals surface area contributed by atoms with Gasteiger partial charge in [-0.15, -0.1) is 0 Å². The molecule has 1 N–H and O–H groups in total. The summed E-state index contributed by atoms with van der Waals surface area (Å²) in [6, 6.07) is 5.21. The van der Waals surface area contributed by atoms with Crippen molar-refractivity contribution >= 4 is 27.7 Å². The van der Waals surface area contributed by atoms with Gasteiger partial charge in [-0.3, -0.25) is 9.78 Å². The van der Waals surface area contributed by atoms with Gasteiger partial charge in [-0.05, 0) is 46.6 Å². The van der Waals surface area contributed by atoms with Crippen LogP contribution in [-0.2, 0) is 0 Å². The van der Waals surface area contributed by atoms with Crippen LogP contribution in [0, 0.1) is 6.92 Å². The average molecular weight is 292 g/mol. The van der Waals surface area contributed by atoms with E-state index in [0.717, 1.165) is 10.0 Å². The smallest absolute Gasteiger partial charge is 0.256 e. The molecule has 0 spiro atoms. The van der Waals surface area contributed by atoms with E-state index >= 15 is 0 Å². The number of carbonyl (C=O) groups is 1. The van der Waals surface area contributed by atoms with E-state index in [1.54, 1.807) is 30.7 Å². The van der Waals surface area contributed by atoms with Crippen molar-refractivity contribution in [3.63, 3.8) is 0 Å². The number of nitrogens with zero attached hydrogens (tertiary/aromatic N) is 2. The van der Waals surface area contributed by atoms with Crippen molar-refractivity contribution in [2.45, 2.75) is 6.92 Å². The van der Waals surface area contributed by atoms with Crippen LogP contribution in [0.5, 0.6) is 0 Å². The molecule has 0 bridgehead atoms. The lowest BCUT2D eigenvalue weighted by Crippen LogP contribution is -2.13. The quantitative estimate of drug-likeness (QED) is 0.926. The van der Waals surface area contributed by atoms with Gasteiger partial charge in [0.2, 0.25) is 0 Å². The van der Waals surface area contributed by atoms with Gasteiger partial charge < -0.3 is 5.32 Å². The summed E-state index contributed by atoms with van der Waals surface area (Å²) in [6.45, 7) is 1.89. The van der Waals surface area contributed by atoms with E-state index in [2.05, 4.69) is 31.2 Å². The molecule has 0 aromatic carbocycles. The minimum absolute atomic E-state index is 0.190. The summed E-state index contributed by atoms with van der Waals surface area (Å²) in [6.07, 6.45) is 4.81. The number of hydrogen-bond acceptors (Lipinski definition) is 3. The lowest BCUT2D eigenvalue weighted by atomic mass is 10.2. The van der Waals surface area contributed by atoms with E-state index in [9.17, 15) is 4.79 Å². The molecule has 0 aliphatic carbocycles. The molecule has 2 aromatic rings. The number of nitrogens with one attached hydrogen (secondary N) is 1. The summed E-state index contributed by atoms with van der Waals surface area (Å²) in [5.74, 6) is 0.375. The topological polar surface area (TPSA) is 54.9 Å². The normalized spacial score (nSPS) is 10.0. The highest BCUT2D eigenvalue weighted by atomic mass is 79.9. The Labute approximate surface area is 107 Å². The van der Waals surface area contributed by atoms with Gasteiger partial charge in [0.1, 0.15) is 5.82 Å². The number of halogens is 1. The van der Waals surface area contributed by atoms with Crippen LogP contribution in [0.4, 0.5) is 5.82 Å². The first-order chi connectivity index (χ1) is 8.16. The third kappa shape index (κ3) is 2.88. The summed E-state index contributed by atoms with van der Waals surface area (Å²) in [5.41, 5.74) is 1.46. The lowest BCUT2D eigenvalue weighted by Gasteiger charge is -2.07. The second kappa shape index (κ2) is 5.05. The Bertz CT molecular complexity index is 543. The first-order valence-corrected chi connectivity index (χ1v) is 5.79. The Kier molecular flexibility index (Phi) is 3.49. The second-order valence-electron chi connectivity index (χ2n) is 3.51. The molecule has 0 atom stereocenters. The molecule has 4 nitrogen and oxygen atoms in total.